The van der Waals surface area contributed by atoms with Crippen LogP contribution in [0.5, 0.6) is 0 Å². The molecule has 0 aliphatic carbocycles. The van der Waals surface area contributed by atoms with Crippen molar-refractivity contribution in [1.82, 2.24) is 24.5 Å². The highest BCUT2D eigenvalue weighted by Crippen LogP contribution is 2.14. The Balaban J connectivity index is 1.83. The van der Waals surface area contributed by atoms with Crippen LogP contribution >= 0.6 is 0 Å². The lowest BCUT2D eigenvalue weighted by atomic mass is 10.1. The van der Waals surface area contributed by atoms with Gasteiger partial charge in [-0.2, -0.15) is 9.50 Å². The van der Waals surface area contributed by atoms with Crippen molar-refractivity contribution in [3.8, 4) is 11.1 Å². The number of aromatic nitrogens is 4. The second kappa shape index (κ2) is 6.62. The first kappa shape index (κ1) is 15.2. The summed E-state index contributed by atoms with van der Waals surface area (Å²) in [6.07, 6.45) is 2.56. The Morgan fingerprint density at radius 3 is 2.78 bits per heavy atom. The molecule has 0 radical (unpaired) electrons. The largest absolute Gasteiger partial charge is 0.355 e. The van der Waals surface area contributed by atoms with Crippen LogP contribution in [0.2, 0.25) is 0 Å². The fourth-order valence-electron chi connectivity index (χ4n) is 2.35. The molecule has 0 aliphatic heterocycles. The molecule has 0 fully saturated rings. The molecule has 0 atom stereocenters. The molecule has 3 rings (SSSR count). The van der Waals surface area contributed by atoms with Gasteiger partial charge in [0.15, 0.2) is 0 Å². The molecule has 7 heteroatoms. The predicted octanol–water partition coefficient (Wildman–Crippen LogP) is 1.45. The first-order valence-corrected chi connectivity index (χ1v) is 7.57. The van der Waals surface area contributed by atoms with E-state index >= 15 is 0 Å². The summed E-state index contributed by atoms with van der Waals surface area (Å²) in [6, 6.07) is 9.49. The van der Waals surface area contributed by atoms with E-state index in [9.17, 15) is 4.79 Å². The summed E-state index contributed by atoms with van der Waals surface area (Å²) in [5.74, 6) is 0.920. The maximum atomic E-state index is 12.6. The van der Waals surface area contributed by atoms with Gasteiger partial charge in [0.1, 0.15) is 0 Å². The van der Waals surface area contributed by atoms with Gasteiger partial charge in [-0.1, -0.05) is 30.3 Å². The minimum Gasteiger partial charge on any atom is -0.355 e. The zero-order valence-electron chi connectivity index (χ0n) is 13.3. The van der Waals surface area contributed by atoms with Gasteiger partial charge in [-0.15, -0.1) is 0 Å². The topological polar surface area (TPSA) is 78.3 Å². The average molecular weight is 312 g/mol. The van der Waals surface area contributed by atoms with E-state index in [1.807, 2.05) is 44.4 Å². The lowest BCUT2D eigenvalue weighted by Gasteiger charge is -2.08. The van der Waals surface area contributed by atoms with E-state index < -0.39 is 0 Å². The second-order valence-corrected chi connectivity index (χ2v) is 5.63. The molecule has 23 heavy (non-hydrogen) atoms. The molecule has 0 aliphatic rings. The molecular formula is C16H20N6O. The van der Waals surface area contributed by atoms with Crippen LogP contribution in [0.1, 0.15) is 6.42 Å². The number of aromatic amines is 1. The highest BCUT2D eigenvalue weighted by atomic mass is 16.1. The number of rotatable bonds is 6. The maximum absolute atomic E-state index is 12.6. The summed E-state index contributed by atoms with van der Waals surface area (Å²) in [4.78, 5) is 23.3. The van der Waals surface area contributed by atoms with Crippen molar-refractivity contribution in [2.45, 2.75) is 6.42 Å². The first-order chi connectivity index (χ1) is 11.1. The zero-order chi connectivity index (χ0) is 16.2. The zero-order valence-corrected chi connectivity index (χ0v) is 13.3. The Morgan fingerprint density at radius 2 is 2.04 bits per heavy atom. The number of benzene rings is 1. The molecule has 7 nitrogen and oxygen atoms in total. The number of H-pyrrole nitrogens is 1. The molecular weight excluding hydrogens is 292 g/mol. The maximum Gasteiger partial charge on any atom is 0.281 e. The van der Waals surface area contributed by atoms with Gasteiger partial charge in [0.05, 0.1) is 5.56 Å². The van der Waals surface area contributed by atoms with Crippen molar-refractivity contribution in [1.29, 1.82) is 0 Å². The quantitative estimate of drug-likeness (QED) is 0.674. The molecule has 0 unspecified atom stereocenters. The van der Waals surface area contributed by atoms with Crippen molar-refractivity contribution in [2.24, 2.45) is 0 Å². The number of nitrogens with one attached hydrogen (secondary N) is 2. The van der Waals surface area contributed by atoms with Crippen LogP contribution in [0.3, 0.4) is 0 Å². The fraction of sp³-hybridized carbons (Fsp3) is 0.312. The number of fused-ring (bicyclic) bond motifs is 1. The number of anilines is 1. The summed E-state index contributed by atoms with van der Waals surface area (Å²) in [5, 5.41) is 6.15. The third-order valence-corrected chi connectivity index (χ3v) is 3.53. The third kappa shape index (κ3) is 3.40. The lowest BCUT2D eigenvalue weighted by molar-refractivity contribution is 0.405. The van der Waals surface area contributed by atoms with Crippen LogP contribution in [0.15, 0.2) is 41.3 Å². The molecule has 0 saturated heterocycles. The van der Waals surface area contributed by atoms with Crippen LogP contribution in [0, 0.1) is 0 Å². The summed E-state index contributed by atoms with van der Waals surface area (Å²) in [7, 11) is 4.07. The summed E-state index contributed by atoms with van der Waals surface area (Å²) in [5.41, 5.74) is 1.23. The average Bonchev–Trinajstić information content (AvgIpc) is 2.97. The standard InChI is InChI=1S/C16H20N6O/c1-21(2)10-6-9-17-15-19-16-18-11-13(14(23)22(16)20-15)12-7-4-3-5-8-12/h3-5,7-8,11H,6,9-10H2,1-2H3,(H2,17,18,19,20). The molecule has 3 aromatic rings. The van der Waals surface area contributed by atoms with Gasteiger partial charge in [-0.25, -0.2) is 4.98 Å². The molecule has 2 heterocycles. The SMILES string of the molecule is CN(C)CCCNc1nc2ncc(-c3ccccc3)c(=O)n2[nH]1. The Labute approximate surface area is 134 Å². The van der Waals surface area contributed by atoms with E-state index in [-0.39, 0.29) is 5.56 Å². The van der Waals surface area contributed by atoms with Gasteiger partial charge >= 0.3 is 0 Å². The van der Waals surface area contributed by atoms with Crippen LogP contribution in [0.4, 0.5) is 5.95 Å². The first-order valence-electron chi connectivity index (χ1n) is 7.57. The lowest BCUT2D eigenvalue weighted by Crippen LogP contribution is -2.18. The highest BCUT2D eigenvalue weighted by molar-refractivity contribution is 5.62. The van der Waals surface area contributed by atoms with Crippen molar-refractivity contribution in [3.63, 3.8) is 0 Å². The fourth-order valence-corrected chi connectivity index (χ4v) is 2.35. The molecule has 1 aromatic carbocycles. The third-order valence-electron chi connectivity index (χ3n) is 3.53. The predicted molar refractivity (Wildman–Crippen MR) is 90.7 cm³/mol. The van der Waals surface area contributed by atoms with Crippen molar-refractivity contribution < 1.29 is 0 Å². The van der Waals surface area contributed by atoms with E-state index in [1.54, 1.807) is 6.20 Å². The van der Waals surface area contributed by atoms with Crippen molar-refractivity contribution in [2.75, 3.05) is 32.5 Å². The molecule has 0 amide bonds. The Kier molecular flexibility index (Phi) is 4.38. The summed E-state index contributed by atoms with van der Waals surface area (Å²) >= 11 is 0. The van der Waals surface area contributed by atoms with Gasteiger partial charge in [-0.3, -0.25) is 9.89 Å². The number of hydrogen-bond donors (Lipinski definition) is 2. The molecule has 2 aromatic heterocycles. The Bertz CT molecular complexity index is 837. The van der Waals surface area contributed by atoms with Gasteiger partial charge in [-0.05, 0) is 32.6 Å². The van der Waals surface area contributed by atoms with Crippen LogP contribution in [0.25, 0.3) is 16.9 Å². The van der Waals surface area contributed by atoms with Gasteiger partial charge < -0.3 is 10.2 Å². The van der Waals surface area contributed by atoms with Gasteiger partial charge in [0, 0.05) is 12.7 Å². The monoisotopic (exact) mass is 312 g/mol. The van der Waals surface area contributed by atoms with Gasteiger partial charge in [0.2, 0.25) is 5.95 Å². The van der Waals surface area contributed by atoms with Crippen LogP contribution in [-0.4, -0.2) is 51.7 Å². The van der Waals surface area contributed by atoms with Crippen molar-refractivity contribution >= 4 is 11.7 Å². The number of hydrogen-bond acceptors (Lipinski definition) is 5. The summed E-state index contributed by atoms with van der Waals surface area (Å²) in [6.45, 7) is 1.77. The normalized spacial score (nSPS) is 11.3. The van der Waals surface area contributed by atoms with E-state index in [2.05, 4.69) is 25.3 Å². The second-order valence-electron chi connectivity index (χ2n) is 5.63. The molecule has 120 valence electrons. The smallest absolute Gasteiger partial charge is 0.281 e. The van der Waals surface area contributed by atoms with Crippen LogP contribution < -0.4 is 10.9 Å². The van der Waals surface area contributed by atoms with Crippen LogP contribution in [-0.2, 0) is 0 Å². The van der Waals surface area contributed by atoms with E-state index in [4.69, 9.17) is 0 Å². The van der Waals surface area contributed by atoms with E-state index in [0.717, 1.165) is 25.1 Å². The van der Waals surface area contributed by atoms with E-state index in [1.165, 1.54) is 4.52 Å². The molecule has 0 spiro atoms. The minimum absolute atomic E-state index is 0.157. The molecule has 0 bridgehead atoms. The Morgan fingerprint density at radius 1 is 1.26 bits per heavy atom. The molecule has 0 saturated carbocycles. The van der Waals surface area contributed by atoms with Crippen molar-refractivity contribution in [3.05, 3.63) is 46.9 Å². The highest BCUT2D eigenvalue weighted by Gasteiger charge is 2.10. The number of nitrogens with zero attached hydrogens (tertiary/aromatic N) is 4. The molecule has 2 N–H and O–H groups in total. The summed E-state index contributed by atoms with van der Waals surface area (Å²) < 4.78 is 1.37. The van der Waals surface area contributed by atoms with Gasteiger partial charge in [0.25, 0.3) is 11.3 Å². The minimum atomic E-state index is -0.157. The van der Waals surface area contributed by atoms with E-state index in [0.29, 0.717) is 17.3 Å². The Hall–Kier alpha value is -2.67.